The van der Waals surface area contributed by atoms with Crippen LogP contribution in [0.1, 0.15) is 5.82 Å². The zero-order valence-electron chi connectivity index (χ0n) is 12.2. The van der Waals surface area contributed by atoms with Crippen molar-refractivity contribution in [1.82, 2.24) is 29.9 Å². The van der Waals surface area contributed by atoms with Gasteiger partial charge in [0, 0.05) is 31.1 Å². The van der Waals surface area contributed by atoms with Crippen molar-refractivity contribution in [2.75, 3.05) is 17.6 Å². The van der Waals surface area contributed by atoms with E-state index in [1.54, 1.807) is 31.2 Å². The Hall–Kier alpha value is -2.42. The van der Waals surface area contributed by atoms with Crippen LogP contribution >= 0.6 is 11.8 Å². The molecular formula is C13H15N7OS. The maximum Gasteiger partial charge on any atom is 0.258 e. The average molecular weight is 317 g/mol. The van der Waals surface area contributed by atoms with Gasteiger partial charge in [-0.3, -0.25) is 0 Å². The maximum absolute atomic E-state index is 5.15. The largest absolute Gasteiger partial charge is 0.369 e. The molecule has 3 rings (SSSR count). The summed E-state index contributed by atoms with van der Waals surface area (Å²) in [6.45, 7) is 2.55. The predicted molar refractivity (Wildman–Crippen MR) is 82.5 cm³/mol. The molecule has 0 aromatic carbocycles. The molecule has 8 nitrogen and oxygen atoms in total. The number of hydrogen-bond acceptors (Lipinski definition) is 8. The second kappa shape index (κ2) is 6.56. The van der Waals surface area contributed by atoms with Crippen LogP contribution in [-0.4, -0.2) is 42.2 Å². The van der Waals surface area contributed by atoms with E-state index in [9.17, 15) is 0 Å². The molecule has 0 amide bonds. The Morgan fingerprint density at radius 1 is 1.41 bits per heavy atom. The van der Waals surface area contributed by atoms with Crippen molar-refractivity contribution in [2.24, 2.45) is 7.05 Å². The summed E-state index contributed by atoms with van der Waals surface area (Å²) >= 11 is 1.64. The van der Waals surface area contributed by atoms with Gasteiger partial charge in [0.15, 0.2) is 11.0 Å². The van der Waals surface area contributed by atoms with Gasteiger partial charge in [-0.25, -0.2) is 4.98 Å². The lowest BCUT2D eigenvalue weighted by atomic mass is 10.2. The number of pyridine rings is 1. The number of thioether (sulfide) groups is 1. The Balaban J connectivity index is 1.56. The summed E-state index contributed by atoms with van der Waals surface area (Å²) < 4.78 is 7.04. The van der Waals surface area contributed by atoms with Crippen molar-refractivity contribution in [3.8, 4) is 11.5 Å². The van der Waals surface area contributed by atoms with Gasteiger partial charge in [-0.2, -0.15) is 4.98 Å². The molecule has 0 aliphatic rings. The van der Waals surface area contributed by atoms with Crippen molar-refractivity contribution in [1.29, 1.82) is 0 Å². The van der Waals surface area contributed by atoms with Gasteiger partial charge in [-0.05, 0) is 19.1 Å². The fourth-order valence-corrected chi connectivity index (χ4v) is 2.54. The third-order valence-corrected chi connectivity index (χ3v) is 3.88. The highest BCUT2D eigenvalue weighted by Gasteiger charge is 2.07. The quantitative estimate of drug-likeness (QED) is 0.543. The van der Waals surface area contributed by atoms with Gasteiger partial charge in [-0.15, -0.1) is 10.2 Å². The monoisotopic (exact) mass is 317 g/mol. The van der Waals surface area contributed by atoms with E-state index in [4.69, 9.17) is 4.52 Å². The van der Waals surface area contributed by atoms with E-state index >= 15 is 0 Å². The van der Waals surface area contributed by atoms with Crippen LogP contribution in [0.5, 0.6) is 0 Å². The number of hydrogen-bond donors (Lipinski definition) is 1. The third-order valence-electron chi connectivity index (χ3n) is 2.84. The zero-order valence-corrected chi connectivity index (χ0v) is 13.0. The molecule has 0 saturated carbocycles. The summed E-state index contributed by atoms with van der Waals surface area (Å²) in [7, 11) is 1.92. The molecule has 3 aromatic rings. The van der Waals surface area contributed by atoms with Gasteiger partial charge < -0.3 is 14.4 Å². The van der Waals surface area contributed by atoms with E-state index in [1.807, 2.05) is 23.7 Å². The van der Waals surface area contributed by atoms with E-state index in [1.165, 1.54) is 0 Å². The molecule has 3 aromatic heterocycles. The van der Waals surface area contributed by atoms with E-state index in [0.29, 0.717) is 11.7 Å². The predicted octanol–water partition coefficient (Wildman–Crippen LogP) is 1.77. The molecule has 1 N–H and O–H groups in total. The van der Waals surface area contributed by atoms with Gasteiger partial charge in [0.25, 0.3) is 5.89 Å². The van der Waals surface area contributed by atoms with Gasteiger partial charge in [0.2, 0.25) is 0 Å². The summed E-state index contributed by atoms with van der Waals surface area (Å²) in [5.74, 6) is 2.74. The van der Waals surface area contributed by atoms with Gasteiger partial charge in [0.1, 0.15) is 12.1 Å². The maximum atomic E-state index is 5.15. The standard InChI is InChI=1S/C13H15N7OS/c1-9-17-12(21-19-9)10-3-4-14-11(7-10)15-5-6-22-13-18-16-8-20(13)2/h3-4,7-8H,5-6H2,1-2H3,(H,14,15). The number of nitrogens with one attached hydrogen (secondary N) is 1. The van der Waals surface area contributed by atoms with Crippen LogP contribution in [0, 0.1) is 6.92 Å². The first-order chi connectivity index (χ1) is 10.7. The molecule has 0 aliphatic carbocycles. The molecule has 9 heteroatoms. The first-order valence-electron chi connectivity index (χ1n) is 6.70. The Labute approximate surface area is 131 Å². The molecule has 3 heterocycles. The van der Waals surface area contributed by atoms with Gasteiger partial charge in [-0.1, -0.05) is 16.9 Å². The van der Waals surface area contributed by atoms with Crippen molar-refractivity contribution in [2.45, 2.75) is 12.1 Å². The lowest BCUT2D eigenvalue weighted by Gasteiger charge is -2.05. The summed E-state index contributed by atoms with van der Waals surface area (Å²) in [4.78, 5) is 8.49. The topological polar surface area (TPSA) is 94.5 Å². The van der Waals surface area contributed by atoms with Crippen LogP contribution in [0.25, 0.3) is 11.5 Å². The Kier molecular flexibility index (Phi) is 4.33. The molecule has 0 unspecified atom stereocenters. The van der Waals surface area contributed by atoms with Crippen molar-refractivity contribution in [3.05, 3.63) is 30.5 Å². The number of nitrogens with zero attached hydrogens (tertiary/aromatic N) is 6. The lowest BCUT2D eigenvalue weighted by molar-refractivity contribution is 0.425. The van der Waals surface area contributed by atoms with Crippen LogP contribution in [0.2, 0.25) is 0 Å². The summed E-state index contributed by atoms with van der Waals surface area (Å²) in [6, 6.07) is 3.73. The average Bonchev–Trinajstić information content (AvgIpc) is 3.13. The fraction of sp³-hybridized carbons (Fsp3) is 0.308. The highest BCUT2D eigenvalue weighted by Crippen LogP contribution is 2.19. The van der Waals surface area contributed by atoms with Crippen molar-refractivity contribution < 1.29 is 4.52 Å². The van der Waals surface area contributed by atoms with Crippen LogP contribution in [0.3, 0.4) is 0 Å². The number of aryl methyl sites for hydroxylation is 2. The van der Waals surface area contributed by atoms with Crippen LogP contribution in [0.4, 0.5) is 5.82 Å². The van der Waals surface area contributed by atoms with E-state index < -0.39 is 0 Å². The Morgan fingerprint density at radius 2 is 2.32 bits per heavy atom. The Bertz CT molecular complexity index is 754. The van der Waals surface area contributed by atoms with E-state index in [-0.39, 0.29) is 0 Å². The summed E-state index contributed by atoms with van der Waals surface area (Å²) in [6.07, 6.45) is 3.40. The molecule has 0 aliphatic heterocycles. The third kappa shape index (κ3) is 3.42. The highest BCUT2D eigenvalue weighted by atomic mass is 32.2. The molecule has 0 bridgehead atoms. The second-order valence-corrected chi connectivity index (χ2v) is 5.64. The normalized spacial score (nSPS) is 10.8. The van der Waals surface area contributed by atoms with Crippen molar-refractivity contribution >= 4 is 17.6 Å². The van der Waals surface area contributed by atoms with Crippen molar-refractivity contribution in [3.63, 3.8) is 0 Å². The molecule has 0 radical (unpaired) electrons. The zero-order chi connectivity index (χ0) is 15.4. The van der Waals surface area contributed by atoms with E-state index in [2.05, 4.69) is 30.6 Å². The number of aromatic nitrogens is 6. The first kappa shape index (κ1) is 14.5. The summed E-state index contributed by atoms with van der Waals surface area (Å²) in [5, 5.41) is 15.8. The first-order valence-corrected chi connectivity index (χ1v) is 7.68. The molecule has 22 heavy (non-hydrogen) atoms. The molecule has 0 saturated heterocycles. The highest BCUT2D eigenvalue weighted by molar-refractivity contribution is 7.99. The number of rotatable bonds is 6. The molecule has 0 fully saturated rings. The molecule has 114 valence electrons. The van der Waals surface area contributed by atoms with Gasteiger partial charge in [0.05, 0.1) is 0 Å². The number of anilines is 1. The SMILES string of the molecule is Cc1noc(-c2ccnc(NCCSc3nncn3C)c2)n1. The van der Waals surface area contributed by atoms with E-state index in [0.717, 1.165) is 28.8 Å². The minimum atomic E-state index is 0.497. The summed E-state index contributed by atoms with van der Waals surface area (Å²) in [5.41, 5.74) is 0.846. The lowest BCUT2D eigenvalue weighted by Crippen LogP contribution is -2.06. The minimum Gasteiger partial charge on any atom is -0.369 e. The molecule has 0 spiro atoms. The smallest absolute Gasteiger partial charge is 0.258 e. The molecule has 0 atom stereocenters. The molecular weight excluding hydrogens is 302 g/mol. The second-order valence-electron chi connectivity index (χ2n) is 4.58. The fourth-order valence-electron chi connectivity index (χ4n) is 1.80. The van der Waals surface area contributed by atoms with Crippen LogP contribution < -0.4 is 5.32 Å². The van der Waals surface area contributed by atoms with Crippen LogP contribution in [0.15, 0.2) is 34.3 Å². The van der Waals surface area contributed by atoms with Crippen LogP contribution in [-0.2, 0) is 7.05 Å². The minimum absolute atomic E-state index is 0.497. The Morgan fingerprint density at radius 3 is 3.05 bits per heavy atom. The van der Waals surface area contributed by atoms with Gasteiger partial charge >= 0.3 is 0 Å².